The first kappa shape index (κ1) is 13.4. The van der Waals surface area contributed by atoms with Crippen molar-refractivity contribution < 1.29 is 9.13 Å². The van der Waals surface area contributed by atoms with Crippen LogP contribution in [0.25, 0.3) is 0 Å². The Morgan fingerprint density at radius 2 is 2.00 bits per heavy atom. The number of benzene rings is 1. The van der Waals surface area contributed by atoms with Gasteiger partial charge >= 0.3 is 6.01 Å². The van der Waals surface area contributed by atoms with Crippen LogP contribution in [-0.4, -0.2) is 16.5 Å². The third-order valence-corrected chi connectivity index (χ3v) is 2.55. The zero-order valence-electron chi connectivity index (χ0n) is 11.0. The van der Waals surface area contributed by atoms with E-state index in [2.05, 4.69) is 15.3 Å². The lowest BCUT2D eigenvalue weighted by Gasteiger charge is -2.06. The summed E-state index contributed by atoms with van der Waals surface area (Å²) in [6.07, 6.45) is 3.33. The van der Waals surface area contributed by atoms with Crippen LogP contribution < -0.4 is 10.1 Å². The molecule has 19 heavy (non-hydrogen) atoms. The Bertz CT molecular complexity index is 543. The second-order valence-electron chi connectivity index (χ2n) is 4.19. The number of aryl methyl sites for hydroxylation is 1. The van der Waals surface area contributed by atoms with Gasteiger partial charge in [0.2, 0.25) is 0 Å². The van der Waals surface area contributed by atoms with Crippen LogP contribution in [0.5, 0.6) is 11.8 Å². The lowest BCUT2D eigenvalue weighted by atomic mass is 10.2. The smallest absolute Gasteiger partial charge is 0.321 e. The van der Waals surface area contributed by atoms with Crippen LogP contribution in [-0.2, 0) is 6.54 Å². The number of hydrogen-bond acceptors (Lipinski definition) is 4. The summed E-state index contributed by atoms with van der Waals surface area (Å²) >= 11 is 0. The quantitative estimate of drug-likeness (QED) is 0.899. The fraction of sp³-hybridized carbons (Fsp3) is 0.286. The summed E-state index contributed by atoms with van der Waals surface area (Å²) in [5.74, 6) is -0.287. The van der Waals surface area contributed by atoms with Crippen molar-refractivity contribution in [2.45, 2.75) is 20.4 Å². The van der Waals surface area contributed by atoms with Gasteiger partial charge in [0.05, 0.1) is 0 Å². The van der Waals surface area contributed by atoms with Gasteiger partial charge in [-0.25, -0.2) is 14.4 Å². The molecule has 0 amide bonds. The molecule has 0 bridgehead atoms. The van der Waals surface area contributed by atoms with Gasteiger partial charge in [-0.2, -0.15) is 0 Å². The normalized spacial score (nSPS) is 10.5. The summed E-state index contributed by atoms with van der Waals surface area (Å²) in [5.41, 5.74) is 1.87. The lowest BCUT2D eigenvalue weighted by molar-refractivity contribution is 0.410. The van der Waals surface area contributed by atoms with E-state index in [9.17, 15) is 4.39 Å². The molecule has 2 aromatic rings. The largest absolute Gasteiger partial charge is 0.421 e. The van der Waals surface area contributed by atoms with Gasteiger partial charge in [-0.3, -0.25) is 0 Å². The van der Waals surface area contributed by atoms with E-state index < -0.39 is 5.82 Å². The predicted octanol–water partition coefficient (Wildman–Crippen LogP) is 2.83. The molecule has 0 aliphatic rings. The Labute approximate surface area is 111 Å². The van der Waals surface area contributed by atoms with E-state index in [-0.39, 0.29) is 11.8 Å². The Morgan fingerprint density at radius 3 is 2.68 bits per heavy atom. The molecule has 1 heterocycles. The SMILES string of the molecule is CCNCc1cnc(Oc2cc(C)ccc2F)nc1. The first-order chi connectivity index (χ1) is 9.19. The molecule has 4 nitrogen and oxygen atoms in total. The highest BCUT2D eigenvalue weighted by atomic mass is 19.1. The molecule has 0 aliphatic heterocycles. The average molecular weight is 261 g/mol. The maximum Gasteiger partial charge on any atom is 0.321 e. The van der Waals surface area contributed by atoms with Gasteiger partial charge in [0.25, 0.3) is 0 Å². The summed E-state index contributed by atoms with van der Waals surface area (Å²) in [5, 5.41) is 3.17. The first-order valence-corrected chi connectivity index (χ1v) is 6.14. The van der Waals surface area contributed by atoms with Crippen LogP contribution in [0.2, 0.25) is 0 Å². The van der Waals surface area contributed by atoms with Crippen LogP contribution in [0.1, 0.15) is 18.1 Å². The molecular formula is C14H16FN3O. The van der Waals surface area contributed by atoms with E-state index in [4.69, 9.17) is 4.74 Å². The second kappa shape index (κ2) is 6.24. The third-order valence-electron chi connectivity index (χ3n) is 2.55. The topological polar surface area (TPSA) is 47.0 Å². The Morgan fingerprint density at radius 1 is 1.26 bits per heavy atom. The molecule has 1 N–H and O–H groups in total. The number of nitrogens with one attached hydrogen (secondary N) is 1. The predicted molar refractivity (Wildman–Crippen MR) is 70.6 cm³/mol. The maximum atomic E-state index is 13.5. The van der Waals surface area contributed by atoms with Crippen LogP contribution in [0.3, 0.4) is 0 Å². The fourth-order valence-corrected chi connectivity index (χ4v) is 1.54. The average Bonchev–Trinajstić information content (AvgIpc) is 2.42. The summed E-state index contributed by atoms with van der Waals surface area (Å²) in [6, 6.07) is 4.81. The van der Waals surface area contributed by atoms with E-state index in [1.807, 2.05) is 13.8 Å². The molecule has 0 fully saturated rings. The summed E-state index contributed by atoms with van der Waals surface area (Å²) < 4.78 is 18.8. The zero-order chi connectivity index (χ0) is 13.7. The van der Waals surface area contributed by atoms with Crippen molar-refractivity contribution in [3.63, 3.8) is 0 Å². The molecule has 0 aliphatic carbocycles. The summed E-state index contributed by atoms with van der Waals surface area (Å²) in [7, 11) is 0. The molecule has 5 heteroatoms. The van der Waals surface area contributed by atoms with Gasteiger partial charge in [-0.15, -0.1) is 0 Å². The van der Waals surface area contributed by atoms with Crippen molar-refractivity contribution in [2.75, 3.05) is 6.54 Å². The molecule has 0 saturated carbocycles. The monoisotopic (exact) mass is 261 g/mol. The highest BCUT2D eigenvalue weighted by Gasteiger charge is 2.06. The molecule has 2 rings (SSSR count). The molecule has 1 aromatic carbocycles. The first-order valence-electron chi connectivity index (χ1n) is 6.14. The van der Waals surface area contributed by atoms with Crippen molar-refractivity contribution in [1.29, 1.82) is 0 Å². The van der Waals surface area contributed by atoms with Gasteiger partial charge in [-0.1, -0.05) is 13.0 Å². The minimum Gasteiger partial charge on any atom is -0.421 e. The van der Waals surface area contributed by atoms with Crippen molar-refractivity contribution in [3.05, 3.63) is 47.5 Å². The van der Waals surface area contributed by atoms with Crippen molar-refractivity contribution in [3.8, 4) is 11.8 Å². The highest BCUT2D eigenvalue weighted by Crippen LogP contribution is 2.22. The highest BCUT2D eigenvalue weighted by molar-refractivity contribution is 5.31. The fourth-order valence-electron chi connectivity index (χ4n) is 1.54. The number of hydrogen-bond donors (Lipinski definition) is 1. The van der Waals surface area contributed by atoms with E-state index in [1.165, 1.54) is 6.07 Å². The molecular weight excluding hydrogens is 245 g/mol. The van der Waals surface area contributed by atoms with E-state index in [0.29, 0.717) is 6.54 Å². The van der Waals surface area contributed by atoms with Gasteiger partial charge in [-0.05, 0) is 31.2 Å². The minimum atomic E-state index is -0.425. The van der Waals surface area contributed by atoms with Crippen LogP contribution in [0, 0.1) is 12.7 Å². The molecule has 0 unspecified atom stereocenters. The zero-order valence-corrected chi connectivity index (χ0v) is 11.0. The number of nitrogens with zero attached hydrogens (tertiary/aromatic N) is 2. The van der Waals surface area contributed by atoms with Gasteiger partial charge in [0, 0.05) is 24.5 Å². The van der Waals surface area contributed by atoms with E-state index in [1.54, 1.807) is 24.5 Å². The Balaban J connectivity index is 2.08. The number of aromatic nitrogens is 2. The summed E-state index contributed by atoms with van der Waals surface area (Å²) in [4.78, 5) is 8.12. The molecule has 0 spiro atoms. The summed E-state index contributed by atoms with van der Waals surface area (Å²) in [6.45, 7) is 5.48. The minimum absolute atomic E-state index is 0.138. The number of rotatable bonds is 5. The van der Waals surface area contributed by atoms with Crippen molar-refractivity contribution in [2.24, 2.45) is 0 Å². The molecule has 0 atom stereocenters. The molecule has 0 saturated heterocycles. The maximum absolute atomic E-state index is 13.5. The lowest BCUT2D eigenvalue weighted by Crippen LogP contribution is -2.12. The van der Waals surface area contributed by atoms with Crippen LogP contribution in [0.15, 0.2) is 30.6 Å². The molecule has 100 valence electrons. The second-order valence-corrected chi connectivity index (χ2v) is 4.19. The van der Waals surface area contributed by atoms with Crippen LogP contribution >= 0.6 is 0 Å². The number of halogens is 1. The van der Waals surface area contributed by atoms with Crippen molar-refractivity contribution in [1.82, 2.24) is 15.3 Å². The van der Waals surface area contributed by atoms with Gasteiger partial charge in [0.15, 0.2) is 11.6 Å². The van der Waals surface area contributed by atoms with Crippen LogP contribution in [0.4, 0.5) is 4.39 Å². The van der Waals surface area contributed by atoms with Crippen molar-refractivity contribution >= 4 is 0 Å². The standard InChI is InChI=1S/C14H16FN3O/c1-3-16-7-11-8-17-14(18-9-11)19-13-6-10(2)4-5-12(13)15/h4-6,8-9,16H,3,7H2,1-2H3. The molecule has 1 aromatic heterocycles. The third kappa shape index (κ3) is 3.72. The number of ether oxygens (including phenoxy) is 1. The Kier molecular flexibility index (Phi) is 4.41. The van der Waals surface area contributed by atoms with Gasteiger partial charge < -0.3 is 10.1 Å². The molecule has 0 radical (unpaired) electrons. The van der Waals surface area contributed by atoms with Gasteiger partial charge in [0.1, 0.15) is 0 Å². The Hall–Kier alpha value is -2.01. The van der Waals surface area contributed by atoms with E-state index >= 15 is 0 Å². The van der Waals surface area contributed by atoms with E-state index in [0.717, 1.165) is 17.7 Å².